The molecule has 0 aromatic carbocycles. The summed E-state index contributed by atoms with van der Waals surface area (Å²) in [7, 11) is 0. The molecule has 2 saturated carbocycles. The molecular weight excluding hydrogens is 193 g/mol. The largest absolute Gasteiger partial charge is 0.481 e. The molecule has 0 aromatic rings. The van der Waals surface area contributed by atoms with E-state index in [0.29, 0.717) is 0 Å². The van der Waals surface area contributed by atoms with Gasteiger partial charge in [0, 0.05) is 5.92 Å². The maximum Gasteiger partial charge on any atom is 0.327 e. The van der Waals surface area contributed by atoms with Gasteiger partial charge in [0.25, 0.3) is 0 Å². The predicted molar refractivity (Wildman–Crippen MR) is 42.2 cm³/mol. The number of alkyl halides is 1. The van der Waals surface area contributed by atoms with E-state index >= 15 is 0 Å². The fourth-order valence-corrected chi connectivity index (χ4v) is 2.57. The number of fused-ring (bicyclic) bond motifs is 1. The fourth-order valence-electron chi connectivity index (χ4n) is 2.57. The molecule has 0 saturated heterocycles. The molecule has 2 fully saturated rings. The van der Waals surface area contributed by atoms with Gasteiger partial charge in [0.1, 0.15) is 11.7 Å². The summed E-state index contributed by atoms with van der Waals surface area (Å²) in [6.45, 7) is 0. The van der Waals surface area contributed by atoms with Crippen molar-refractivity contribution in [2.45, 2.75) is 18.1 Å². The molecule has 0 unspecified atom stereocenters. The monoisotopic (exact) mass is 203 g/mol. The molecule has 0 aromatic heterocycles. The lowest BCUT2D eigenvalue weighted by Crippen LogP contribution is -2.56. The van der Waals surface area contributed by atoms with Crippen LogP contribution in [0.2, 0.25) is 0 Å². The highest BCUT2D eigenvalue weighted by molar-refractivity contribution is 5.86. The van der Waals surface area contributed by atoms with Gasteiger partial charge in [-0.2, -0.15) is 0 Å². The Bertz CT molecular complexity index is 320. The highest BCUT2D eigenvalue weighted by atomic mass is 19.1. The molecule has 4 N–H and O–H groups in total. The Labute approximate surface area is 78.7 Å². The summed E-state index contributed by atoms with van der Waals surface area (Å²) >= 11 is 0. The highest BCUT2D eigenvalue weighted by Crippen LogP contribution is 2.62. The zero-order chi connectivity index (χ0) is 10.7. The van der Waals surface area contributed by atoms with Crippen LogP contribution in [0.1, 0.15) is 6.42 Å². The van der Waals surface area contributed by atoms with Crippen LogP contribution in [0.25, 0.3) is 0 Å². The van der Waals surface area contributed by atoms with Crippen LogP contribution in [0.5, 0.6) is 0 Å². The van der Waals surface area contributed by atoms with E-state index in [2.05, 4.69) is 0 Å². The summed E-state index contributed by atoms with van der Waals surface area (Å²) in [5.74, 6) is -4.44. The first-order valence-corrected chi connectivity index (χ1v) is 4.29. The van der Waals surface area contributed by atoms with E-state index in [9.17, 15) is 14.0 Å². The molecule has 0 aliphatic heterocycles. The molecule has 5 nitrogen and oxygen atoms in total. The Morgan fingerprint density at radius 1 is 1.43 bits per heavy atom. The summed E-state index contributed by atoms with van der Waals surface area (Å²) in [5, 5.41) is 17.5. The average molecular weight is 203 g/mol. The van der Waals surface area contributed by atoms with E-state index in [4.69, 9.17) is 15.9 Å². The van der Waals surface area contributed by atoms with Crippen LogP contribution in [-0.2, 0) is 9.59 Å². The van der Waals surface area contributed by atoms with Gasteiger partial charge >= 0.3 is 11.9 Å². The highest BCUT2D eigenvalue weighted by Gasteiger charge is 2.74. The topological polar surface area (TPSA) is 101 Å². The summed E-state index contributed by atoms with van der Waals surface area (Å²) in [5.41, 5.74) is 3.43. The van der Waals surface area contributed by atoms with Gasteiger partial charge in [-0.15, -0.1) is 0 Å². The lowest BCUT2D eigenvalue weighted by molar-refractivity contribution is -0.147. The van der Waals surface area contributed by atoms with Crippen molar-refractivity contribution >= 4 is 11.9 Å². The van der Waals surface area contributed by atoms with Crippen molar-refractivity contribution in [3.05, 3.63) is 0 Å². The molecule has 78 valence electrons. The van der Waals surface area contributed by atoms with Crippen LogP contribution in [-0.4, -0.2) is 33.9 Å². The summed E-state index contributed by atoms with van der Waals surface area (Å²) < 4.78 is 13.2. The molecule has 2 rings (SSSR count). The molecule has 6 heteroatoms. The number of carboxylic acids is 2. The predicted octanol–water partition coefficient (Wildman–Crippen LogP) is -0.543. The van der Waals surface area contributed by atoms with Crippen molar-refractivity contribution in [2.75, 3.05) is 0 Å². The Morgan fingerprint density at radius 3 is 2.43 bits per heavy atom. The van der Waals surface area contributed by atoms with E-state index in [1.165, 1.54) is 0 Å². The lowest BCUT2D eigenvalue weighted by atomic mass is 9.90. The van der Waals surface area contributed by atoms with Crippen molar-refractivity contribution in [3.63, 3.8) is 0 Å². The van der Waals surface area contributed by atoms with Gasteiger partial charge in [-0.1, -0.05) is 0 Å². The van der Waals surface area contributed by atoms with Gasteiger partial charge < -0.3 is 15.9 Å². The van der Waals surface area contributed by atoms with Crippen molar-refractivity contribution in [1.82, 2.24) is 0 Å². The van der Waals surface area contributed by atoms with Crippen LogP contribution < -0.4 is 5.73 Å². The van der Waals surface area contributed by atoms with Crippen LogP contribution in [0.3, 0.4) is 0 Å². The Kier molecular flexibility index (Phi) is 1.64. The van der Waals surface area contributed by atoms with Gasteiger partial charge in [0.05, 0.1) is 5.92 Å². The number of halogens is 1. The molecule has 0 spiro atoms. The van der Waals surface area contributed by atoms with E-state index in [-0.39, 0.29) is 6.42 Å². The minimum absolute atomic E-state index is 0.0512. The smallest absolute Gasteiger partial charge is 0.327 e. The third kappa shape index (κ3) is 0.863. The maximum absolute atomic E-state index is 13.2. The van der Waals surface area contributed by atoms with Crippen LogP contribution >= 0.6 is 0 Å². The first-order chi connectivity index (χ1) is 6.40. The van der Waals surface area contributed by atoms with Gasteiger partial charge in [0.2, 0.25) is 0 Å². The Hall–Kier alpha value is -1.17. The minimum Gasteiger partial charge on any atom is -0.481 e. The first kappa shape index (κ1) is 9.39. The molecule has 0 bridgehead atoms. The standard InChI is InChI=1S/C8H10FNO4/c9-3-1-2-4(6(11)12)5(2)8(3,10)7(13)14/h2-5H,1,10H2,(H,11,12)(H,13,14)/t2-,3+,4-,5-,8-/m0/s1. The van der Waals surface area contributed by atoms with Crippen LogP contribution in [0.15, 0.2) is 0 Å². The molecule has 14 heavy (non-hydrogen) atoms. The second kappa shape index (κ2) is 2.44. The van der Waals surface area contributed by atoms with Crippen molar-refractivity contribution in [3.8, 4) is 0 Å². The van der Waals surface area contributed by atoms with Gasteiger partial charge in [-0.3, -0.25) is 9.59 Å². The Balaban J connectivity index is 2.26. The molecule has 2 aliphatic rings. The number of carboxylic acid groups (broad SMARTS) is 2. The SMILES string of the molecule is N[C@]1(C(=O)O)[C@H]2[C@@H](C[C@H]1F)[C@@H]2C(=O)O. The fraction of sp³-hybridized carbons (Fsp3) is 0.750. The van der Waals surface area contributed by atoms with E-state index in [0.717, 1.165) is 0 Å². The van der Waals surface area contributed by atoms with Crippen molar-refractivity contribution < 1.29 is 24.2 Å². The third-order valence-corrected chi connectivity index (χ3v) is 3.37. The minimum atomic E-state index is -1.99. The van der Waals surface area contributed by atoms with E-state index in [1.54, 1.807) is 0 Å². The van der Waals surface area contributed by atoms with Gasteiger partial charge in [-0.05, 0) is 12.3 Å². The second-order valence-corrected chi connectivity index (χ2v) is 4.00. The first-order valence-electron chi connectivity index (χ1n) is 4.29. The number of aliphatic carboxylic acids is 2. The van der Waals surface area contributed by atoms with Gasteiger partial charge in [0.15, 0.2) is 0 Å². The van der Waals surface area contributed by atoms with Crippen LogP contribution in [0, 0.1) is 17.8 Å². The molecule has 5 atom stereocenters. The third-order valence-electron chi connectivity index (χ3n) is 3.37. The maximum atomic E-state index is 13.2. The number of carbonyl (C=O) groups is 2. The molecule has 0 amide bonds. The number of rotatable bonds is 2. The van der Waals surface area contributed by atoms with E-state index in [1.807, 2.05) is 0 Å². The number of nitrogens with two attached hydrogens (primary N) is 1. The molecule has 0 heterocycles. The molecule has 2 aliphatic carbocycles. The number of hydrogen-bond donors (Lipinski definition) is 3. The van der Waals surface area contributed by atoms with Crippen LogP contribution in [0.4, 0.5) is 4.39 Å². The quantitative estimate of drug-likeness (QED) is 0.559. The zero-order valence-electron chi connectivity index (χ0n) is 7.18. The normalized spacial score (nSPS) is 49.9. The van der Waals surface area contributed by atoms with Crippen molar-refractivity contribution in [1.29, 1.82) is 0 Å². The lowest BCUT2D eigenvalue weighted by Gasteiger charge is -2.24. The van der Waals surface area contributed by atoms with E-state index < -0.39 is 41.4 Å². The Morgan fingerprint density at radius 2 is 2.00 bits per heavy atom. The summed E-state index contributed by atoms with van der Waals surface area (Å²) in [6.07, 6.45) is -1.68. The number of hydrogen-bond acceptors (Lipinski definition) is 3. The average Bonchev–Trinajstić information content (AvgIpc) is 2.70. The van der Waals surface area contributed by atoms with Gasteiger partial charge in [-0.25, -0.2) is 4.39 Å². The summed E-state index contributed by atoms with van der Waals surface area (Å²) in [6, 6.07) is 0. The second-order valence-electron chi connectivity index (χ2n) is 4.00. The molecular formula is C8H10FNO4. The van der Waals surface area contributed by atoms with Crippen molar-refractivity contribution in [2.24, 2.45) is 23.5 Å². The zero-order valence-corrected chi connectivity index (χ0v) is 7.18. The molecule has 0 radical (unpaired) electrons. The summed E-state index contributed by atoms with van der Waals surface area (Å²) in [4.78, 5) is 21.4.